The van der Waals surface area contributed by atoms with Crippen LogP contribution in [0.1, 0.15) is 361 Å². The van der Waals surface area contributed by atoms with Gasteiger partial charge in [0.1, 0.15) is 0 Å². The number of hydrogen-bond donors (Lipinski definition) is 3. The van der Waals surface area contributed by atoms with Gasteiger partial charge in [-0.1, -0.05) is 309 Å². The number of allylic oxidation sites excluding steroid dienone is 2. The molecule has 0 aliphatic rings. The van der Waals surface area contributed by atoms with Gasteiger partial charge in [0.25, 0.3) is 0 Å². The van der Waals surface area contributed by atoms with E-state index in [2.05, 4.69) is 31.3 Å². The van der Waals surface area contributed by atoms with Crippen LogP contribution in [0.5, 0.6) is 0 Å². The Balaban J connectivity index is 3.32. The van der Waals surface area contributed by atoms with Crippen LogP contribution >= 0.6 is 0 Å². The Morgan fingerprint density at radius 1 is 0.386 bits per heavy atom. The van der Waals surface area contributed by atoms with Gasteiger partial charge in [-0.25, -0.2) is 0 Å². The third-order valence-electron chi connectivity index (χ3n) is 15.1. The van der Waals surface area contributed by atoms with Gasteiger partial charge in [-0.15, -0.1) is 0 Å². The van der Waals surface area contributed by atoms with Crippen LogP contribution in [0.3, 0.4) is 0 Å². The standard InChI is InChI=1S/C64H125NO5/c1-3-5-7-9-11-13-14-15-31-35-38-42-46-50-54-58-64(69)70-59-55-51-47-43-39-36-33-30-28-26-24-22-20-18-16-17-19-21-23-25-27-29-32-34-37-41-45-49-53-57-63(68)65-61(60-66)62(67)56-52-48-44-40-12-10-8-6-4-2/h16,18,61-62,66-67H,3-15,17,19-60H2,1-2H3,(H,65,68)/b18-16-. The fourth-order valence-corrected chi connectivity index (χ4v) is 10.2. The lowest BCUT2D eigenvalue weighted by Crippen LogP contribution is -2.45. The second-order valence-corrected chi connectivity index (χ2v) is 22.1. The predicted molar refractivity (Wildman–Crippen MR) is 306 cm³/mol. The van der Waals surface area contributed by atoms with Gasteiger partial charge in [-0.05, 0) is 51.4 Å². The molecule has 70 heavy (non-hydrogen) atoms. The second kappa shape index (κ2) is 60.2. The Hall–Kier alpha value is -1.40. The van der Waals surface area contributed by atoms with E-state index in [-0.39, 0.29) is 18.5 Å². The maximum atomic E-state index is 12.4. The van der Waals surface area contributed by atoms with E-state index in [4.69, 9.17) is 4.74 Å². The van der Waals surface area contributed by atoms with Crippen molar-refractivity contribution in [2.24, 2.45) is 0 Å². The lowest BCUT2D eigenvalue weighted by atomic mass is 10.0. The molecule has 0 saturated carbocycles. The molecule has 0 aromatic carbocycles. The van der Waals surface area contributed by atoms with Gasteiger partial charge in [0.2, 0.25) is 5.91 Å². The molecule has 0 saturated heterocycles. The number of carbonyl (C=O) groups excluding carboxylic acids is 2. The van der Waals surface area contributed by atoms with Crippen LogP contribution in [-0.2, 0) is 14.3 Å². The highest BCUT2D eigenvalue weighted by atomic mass is 16.5. The van der Waals surface area contributed by atoms with Crippen molar-refractivity contribution in [3.05, 3.63) is 12.2 Å². The summed E-state index contributed by atoms with van der Waals surface area (Å²) in [5.74, 6) is -0.0151. The molecule has 3 N–H and O–H groups in total. The Kier molecular flexibility index (Phi) is 59.0. The average molecular weight is 989 g/mol. The Labute approximate surface area is 438 Å². The maximum Gasteiger partial charge on any atom is 0.305 e. The minimum absolute atomic E-state index is 0.0199. The number of aliphatic hydroxyl groups excluding tert-OH is 2. The fourth-order valence-electron chi connectivity index (χ4n) is 10.2. The van der Waals surface area contributed by atoms with Gasteiger partial charge in [0, 0.05) is 12.8 Å². The number of unbranched alkanes of at least 4 members (excludes halogenated alkanes) is 47. The number of esters is 1. The number of carbonyl (C=O) groups is 2. The van der Waals surface area contributed by atoms with E-state index in [1.807, 2.05) is 0 Å². The van der Waals surface area contributed by atoms with Crippen molar-refractivity contribution < 1.29 is 24.5 Å². The van der Waals surface area contributed by atoms with Crippen molar-refractivity contribution in [3.63, 3.8) is 0 Å². The normalized spacial score (nSPS) is 12.6. The molecule has 0 aliphatic heterocycles. The van der Waals surface area contributed by atoms with Gasteiger partial charge < -0.3 is 20.3 Å². The quantitative estimate of drug-likeness (QED) is 0.0321. The van der Waals surface area contributed by atoms with E-state index in [1.54, 1.807) is 0 Å². The number of amides is 1. The zero-order chi connectivity index (χ0) is 50.7. The van der Waals surface area contributed by atoms with Crippen LogP contribution in [0.15, 0.2) is 12.2 Å². The summed E-state index contributed by atoms with van der Waals surface area (Å²) in [6, 6.07) is -0.538. The molecule has 1 amide bonds. The third kappa shape index (κ3) is 55.9. The molecule has 0 radical (unpaired) electrons. The lowest BCUT2D eigenvalue weighted by Gasteiger charge is -2.22. The Bertz CT molecular complexity index is 1050. The van der Waals surface area contributed by atoms with Gasteiger partial charge in [0.15, 0.2) is 0 Å². The summed E-state index contributed by atoms with van der Waals surface area (Å²) in [7, 11) is 0. The van der Waals surface area contributed by atoms with E-state index in [0.29, 0.717) is 25.9 Å². The van der Waals surface area contributed by atoms with E-state index < -0.39 is 12.1 Å². The Morgan fingerprint density at radius 2 is 0.671 bits per heavy atom. The molecule has 0 rings (SSSR count). The zero-order valence-electron chi connectivity index (χ0n) is 47.5. The van der Waals surface area contributed by atoms with Crippen LogP contribution in [-0.4, -0.2) is 47.4 Å². The molecule has 0 aromatic rings. The number of nitrogens with one attached hydrogen (secondary N) is 1. The van der Waals surface area contributed by atoms with Gasteiger partial charge in [-0.3, -0.25) is 9.59 Å². The largest absolute Gasteiger partial charge is 0.466 e. The monoisotopic (exact) mass is 988 g/mol. The lowest BCUT2D eigenvalue weighted by molar-refractivity contribution is -0.143. The van der Waals surface area contributed by atoms with Crippen LogP contribution < -0.4 is 5.32 Å². The van der Waals surface area contributed by atoms with Gasteiger partial charge >= 0.3 is 5.97 Å². The molecule has 0 heterocycles. The minimum atomic E-state index is -0.660. The molecule has 0 aliphatic carbocycles. The van der Waals surface area contributed by atoms with E-state index in [1.165, 1.54) is 289 Å². The zero-order valence-corrected chi connectivity index (χ0v) is 47.5. The van der Waals surface area contributed by atoms with Crippen LogP contribution in [0.2, 0.25) is 0 Å². The number of ether oxygens (including phenoxy) is 1. The average Bonchev–Trinajstić information content (AvgIpc) is 3.36. The molecular weight excluding hydrogens is 863 g/mol. The summed E-state index contributed by atoms with van der Waals surface area (Å²) < 4.78 is 5.49. The molecule has 6 heteroatoms. The topological polar surface area (TPSA) is 95.9 Å². The van der Waals surface area contributed by atoms with Crippen LogP contribution in [0.25, 0.3) is 0 Å². The molecule has 0 aromatic heterocycles. The fraction of sp³-hybridized carbons (Fsp3) is 0.938. The molecule has 2 unspecified atom stereocenters. The molecule has 2 atom stereocenters. The molecule has 0 bridgehead atoms. The SMILES string of the molecule is CCCCCCCCCCCCCCCCCC(=O)OCCCCCCCCCCCCCC/C=C\CCCCCCCCCCCCCCCC(=O)NC(CO)C(O)CCCCCCCCCCC. The molecule has 6 nitrogen and oxygen atoms in total. The Morgan fingerprint density at radius 3 is 1.01 bits per heavy atom. The number of aliphatic hydroxyl groups is 2. The van der Waals surface area contributed by atoms with Crippen molar-refractivity contribution in [2.45, 2.75) is 373 Å². The summed E-state index contributed by atoms with van der Waals surface area (Å²) in [4.78, 5) is 24.5. The smallest absolute Gasteiger partial charge is 0.305 e. The van der Waals surface area contributed by atoms with Crippen LogP contribution in [0.4, 0.5) is 0 Å². The number of hydrogen-bond acceptors (Lipinski definition) is 5. The number of rotatable bonds is 60. The molecule has 416 valence electrons. The van der Waals surface area contributed by atoms with Crippen molar-refractivity contribution >= 4 is 11.9 Å². The van der Waals surface area contributed by atoms with Crippen molar-refractivity contribution in [3.8, 4) is 0 Å². The van der Waals surface area contributed by atoms with E-state index in [9.17, 15) is 19.8 Å². The van der Waals surface area contributed by atoms with E-state index >= 15 is 0 Å². The minimum Gasteiger partial charge on any atom is -0.466 e. The summed E-state index contributed by atoms with van der Waals surface area (Å²) in [5, 5.41) is 23.1. The third-order valence-corrected chi connectivity index (χ3v) is 15.1. The molecular formula is C64H125NO5. The first-order valence-electron chi connectivity index (χ1n) is 31.9. The molecule has 0 fully saturated rings. The highest BCUT2D eigenvalue weighted by molar-refractivity contribution is 5.76. The summed E-state index contributed by atoms with van der Waals surface area (Å²) >= 11 is 0. The van der Waals surface area contributed by atoms with Gasteiger partial charge in [-0.2, -0.15) is 0 Å². The summed E-state index contributed by atoms with van der Waals surface area (Å²) in [6.45, 7) is 4.96. The van der Waals surface area contributed by atoms with Crippen molar-refractivity contribution in [2.75, 3.05) is 13.2 Å². The van der Waals surface area contributed by atoms with Gasteiger partial charge in [0.05, 0.1) is 25.4 Å². The van der Waals surface area contributed by atoms with Crippen molar-refractivity contribution in [1.29, 1.82) is 0 Å². The second-order valence-electron chi connectivity index (χ2n) is 22.1. The van der Waals surface area contributed by atoms with Crippen molar-refractivity contribution in [1.82, 2.24) is 5.32 Å². The maximum absolute atomic E-state index is 12.4. The first kappa shape index (κ1) is 68.6. The summed E-state index contributed by atoms with van der Waals surface area (Å²) in [5.41, 5.74) is 0. The highest BCUT2D eigenvalue weighted by Crippen LogP contribution is 2.18. The first-order valence-corrected chi connectivity index (χ1v) is 31.9. The van der Waals surface area contributed by atoms with E-state index in [0.717, 1.165) is 38.5 Å². The van der Waals surface area contributed by atoms with Crippen LogP contribution in [0, 0.1) is 0 Å². The first-order chi connectivity index (χ1) is 34.5. The summed E-state index contributed by atoms with van der Waals surface area (Å²) in [6.07, 6.45) is 72.5. The molecule has 0 spiro atoms. The predicted octanol–water partition coefficient (Wildman–Crippen LogP) is 20.0. The highest BCUT2D eigenvalue weighted by Gasteiger charge is 2.20.